The first-order chi connectivity index (χ1) is 17.0. The second-order valence-electron chi connectivity index (χ2n) is 8.84. The predicted molar refractivity (Wildman–Crippen MR) is 129 cm³/mol. The number of nitrogens with zero attached hydrogens (tertiary/aromatic N) is 7. The van der Waals surface area contributed by atoms with Crippen LogP contribution in [0.15, 0.2) is 42.7 Å². The van der Waals surface area contributed by atoms with Gasteiger partial charge in [0.15, 0.2) is 16.8 Å². The number of aryl methyl sites for hydroxylation is 3. The molecule has 1 aliphatic rings. The molecule has 0 N–H and O–H groups in total. The van der Waals surface area contributed by atoms with Gasteiger partial charge in [0.25, 0.3) is 5.91 Å². The van der Waals surface area contributed by atoms with Crippen LogP contribution in [0, 0.1) is 6.92 Å². The topological polar surface area (TPSA) is 71.6 Å². The number of fused-ring (bicyclic) bond motifs is 3. The van der Waals surface area contributed by atoms with Gasteiger partial charge in [-0.05, 0) is 37.5 Å². The van der Waals surface area contributed by atoms with E-state index in [1.54, 1.807) is 42.9 Å². The molecule has 1 aliphatic heterocycles. The van der Waals surface area contributed by atoms with Crippen LogP contribution in [0.4, 0.5) is 24.5 Å². The minimum atomic E-state index is -4.67. The SMILES string of the molecule is Cc1nn(C)cc1C(=O)N(C)[C@@H](c1ccc(N2CCCc3c2cnc2cc(Cl)nn32)cc1)C(F)(F)F. The van der Waals surface area contributed by atoms with E-state index in [-0.39, 0.29) is 11.1 Å². The number of hydrogen-bond donors (Lipinski definition) is 0. The van der Waals surface area contributed by atoms with Crippen molar-refractivity contribution >= 4 is 34.5 Å². The summed E-state index contributed by atoms with van der Waals surface area (Å²) >= 11 is 6.05. The number of aromatic nitrogens is 5. The number of halogens is 4. The quantitative estimate of drug-likeness (QED) is 0.386. The van der Waals surface area contributed by atoms with Gasteiger partial charge in [0.2, 0.25) is 0 Å². The van der Waals surface area contributed by atoms with Crippen LogP contribution in [0.2, 0.25) is 5.15 Å². The standard InChI is InChI=1S/C24H23ClF3N7O/c1-14-17(13-32(2)30-14)23(36)33(3)22(24(26,27)28)15-6-8-16(9-7-15)34-10-4-5-18-19(34)12-29-21-11-20(25)31-35(18)21/h6-9,11-13,22H,4-5,10H2,1-3H3/t22-/m0/s1. The number of benzene rings is 1. The maximum absolute atomic E-state index is 14.2. The Morgan fingerprint density at radius 3 is 2.56 bits per heavy atom. The maximum Gasteiger partial charge on any atom is 0.413 e. The zero-order valence-corrected chi connectivity index (χ0v) is 20.5. The summed E-state index contributed by atoms with van der Waals surface area (Å²) in [5, 5.41) is 8.73. The summed E-state index contributed by atoms with van der Waals surface area (Å²) in [5.74, 6) is -0.745. The van der Waals surface area contributed by atoms with Crippen LogP contribution < -0.4 is 4.90 Å². The van der Waals surface area contributed by atoms with Gasteiger partial charge >= 0.3 is 6.18 Å². The molecule has 5 rings (SSSR count). The van der Waals surface area contributed by atoms with Crippen LogP contribution in [-0.4, -0.2) is 55.0 Å². The number of rotatable bonds is 4. The normalized spacial score (nSPS) is 14.7. The van der Waals surface area contributed by atoms with Crippen molar-refractivity contribution in [2.45, 2.75) is 32.0 Å². The van der Waals surface area contributed by atoms with E-state index in [9.17, 15) is 18.0 Å². The van der Waals surface area contributed by atoms with Crippen molar-refractivity contribution in [3.8, 4) is 0 Å². The lowest BCUT2D eigenvalue weighted by molar-refractivity contribution is -0.176. The van der Waals surface area contributed by atoms with Gasteiger partial charge in [0.05, 0.1) is 28.8 Å². The fourth-order valence-corrected chi connectivity index (χ4v) is 4.96. The summed E-state index contributed by atoms with van der Waals surface area (Å²) in [6.07, 6.45) is 0.0951. The lowest BCUT2D eigenvalue weighted by Crippen LogP contribution is -2.40. The Balaban J connectivity index is 1.47. The molecule has 188 valence electrons. The predicted octanol–water partition coefficient (Wildman–Crippen LogP) is 4.88. The fourth-order valence-electron chi connectivity index (χ4n) is 4.78. The first-order valence-corrected chi connectivity index (χ1v) is 11.7. The summed E-state index contributed by atoms with van der Waals surface area (Å²) in [6.45, 7) is 2.27. The molecule has 3 aromatic heterocycles. The van der Waals surface area contributed by atoms with E-state index in [2.05, 4.69) is 15.2 Å². The van der Waals surface area contributed by atoms with Gasteiger partial charge in [-0.2, -0.15) is 23.4 Å². The van der Waals surface area contributed by atoms with Crippen LogP contribution in [-0.2, 0) is 13.5 Å². The lowest BCUT2D eigenvalue weighted by Gasteiger charge is -2.32. The maximum atomic E-state index is 14.2. The Bertz CT molecular complexity index is 1440. The lowest BCUT2D eigenvalue weighted by atomic mass is 10.0. The molecule has 12 heteroatoms. The summed E-state index contributed by atoms with van der Waals surface area (Å²) in [7, 11) is 2.78. The molecule has 0 saturated heterocycles. The molecule has 0 bridgehead atoms. The molecule has 0 unspecified atom stereocenters. The number of alkyl halides is 3. The Kier molecular flexibility index (Phi) is 5.90. The first kappa shape index (κ1) is 24.1. The van der Waals surface area contributed by atoms with Crippen molar-refractivity contribution in [2.75, 3.05) is 18.5 Å². The molecule has 4 aromatic rings. The highest BCUT2D eigenvalue weighted by atomic mass is 35.5. The van der Waals surface area contributed by atoms with E-state index in [4.69, 9.17) is 11.6 Å². The van der Waals surface area contributed by atoms with Crippen molar-refractivity contribution in [1.82, 2.24) is 29.3 Å². The number of carbonyl (C=O) groups excluding carboxylic acids is 1. The summed E-state index contributed by atoms with van der Waals surface area (Å²) in [4.78, 5) is 20.1. The number of carbonyl (C=O) groups is 1. The summed E-state index contributed by atoms with van der Waals surface area (Å²) in [5.41, 5.74) is 3.59. The van der Waals surface area contributed by atoms with E-state index < -0.39 is 18.1 Å². The van der Waals surface area contributed by atoms with Gasteiger partial charge in [-0.1, -0.05) is 23.7 Å². The van der Waals surface area contributed by atoms with Gasteiger partial charge in [0.1, 0.15) is 0 Å². The van der Waals surface area contributed by atoms with Crippen molar-refractivity contribution in [3.63, 3.8) is 0 Å². The zero-order valence-electron chi connectivity index (χ0n) is 19.8. The second kappa shape index (κ2) is 8.81. The largest absolute Gasteiger partial charge is 0.413 e. The average Bonchev–Trinajstić information content (AvgIpc) is 3.38. The third-order valence-electron chi connectivity index (χ3n) is 6.40. The van der Waals surface area contributed by atoms with Crippen molar-refractivity contribution < 1.29 is 18.0 Å². The third kappa shape index (κ3) is 4.17. The Morgan fingerprint density at radius 1 is 1.19 bits per heavy atom. The van der Waals surface area contributed by atoms with Crippen molar-refractivity contribution in [1.29, 1.82) is 0 Å². The zero-order chi connectivity index (χ0) is 25.8. The molecule has 0 saturated carbocycles. The van der Waals surface area contributed by atoms with E-state index >= 15 is 0 Å². The molecule has 0 fully saturated rings. The Labute approximate surface area is 209 Å². The molecule has 4 heterocycles. The summed E-state index contributed by atoms with van der Waals surface area (Å²) < 4.78 is 45.7. The molecule has 0 radical (unpaired) electrons. The molecule has 36 heavy (non-hydrogen) atoms. The smallest absolute Gasteiger partial charge is 0.339 e. The van der Waals surface area contributed by atoms with Crippen LogP contribution in [0.1, 0.15) is 39.8 Å². The number of hydrogen-bond acceptors (Lipinski definition) is 5. The van der Waals surface area contributed by atoms with E-state index in [0.717, 1.165) is 41.9 Å². The van der Waals surface area contributed by atoms with Crippen LogP contribution >= 0.6 is 11.6 Å². The summed E-state index contributed by atoms with van der Waals surface area (Å²) in [6, 6.07) is 5.67. The highest BCUT2D eigenvalue weighted by Gasteiger charge is 2.45. The number of amides is 1. The van der Waals surface area contributed by atoms with E-state index in [1.807, 2.05) is 4.90 Å². The fraction of sp³-hybridized carbons (Fsp3) is 0.333. The minimum absolute atomic E-state index is 0.0340. The first-order valence-electron chi connectivity index (χ1n) is 11.3. The molecule has 1 atom stereocenters. The highest BCUT2D eigenvalue weighted by Crippen LogP contribution is 2.40. The van der Waals surface area contributed by atoms with Crippen LogP contribution in [0.3, 0.4) is 0 Å². The molecule has 1 amide bonds. The highest BCUT2D eigenvalue weighted by molar-refractivity contribution is 6.29. The Hall–Kier alpha value is -3.60. The van der Waals surface area contributed by atoms with Gasteiger partial charge < -0.3 is 9.80 Å². The average molecular weight is 518 g/mol. The van der Waals surface area contributed by atoms with Crippen molar-refractivity contribution in [3.05, 3.63) is 70.4 Å². The van der Waals surface area contributed by atoms with E-state index in [1.165, 1.54) is 23.0 Å². The Morgan fingerprint density at radius 2 is 1.92 bits per heavy atom. The van der Waals surface area contributed by atoms with E-state index in [0.29, 0.717) is 23.0 Å². The van der Waals surface area contributed by atoms with Gasteiger partial charge in [-0.25, -0.2) is 9.50 Å². The van der Waals surface area contributed by atoms with Gasteiger partial charge in [-0.15, -0.1) is 0 Å². The van der Waals surface area contributed by atoms with Crippen LogP contribution in [0.5, 0.6) is 0 Å². The molecule has 1 aromatic carbocycles. The molecule has 0 spiro atoms. The molecule has 0 aliphatic carbocycles. The second-order valence-corrected chi connectivity index (χ2v) is 9.22. The molecule has 8 nitrogen and oxygen atoms in total. The number of anilines is 2. The van der Waals surface area contributed by atoms with Crippen molar-refractivity contribution in [2.24, 2.45) is 7.05 Å². The molecular formula is C24H23ClF3N7O. The van der Waals surface area contributed by atoms with Gasteiger partial charge in [0, 0.05) is 38.6 Å². The third-order valence-corrected chi connectivity index (χ3v) is 6.58. The monoisotopic (exact) mass is 517 g/mol. The molecular weight excluding hydrogens is 495 g/mol. The van der Waals surface area contributed by atoms with Crippen LogP contribution in [0.25, 0.3) is 5.65 Å². The minimum Gasteiger partial charge on any atom is -0.339 e. The van der Waals surface area contributed by atoms with Gasteiger partial charge in [-0.3, -0.25) is 9.48 Å².